The summed E-state index contributed by atoms with van der Waals surface area (Å²) in [6.45, 7) is 5.62. The first kappa shape index (κ1) is 12.9. The predicted molar refractivity (Wildman–Crippen MR) is 66.5 cm³/mol. The summed E-state index contributed by atoms with van der Waals surface area (Å²) in [6, 6.07) is 1.81. The van der Waals surface area contributed by atoms with Gasteiger partial charge in [0.25, 0.3) is 5.88 Å². The van der Waals surface area contributed by atoms with E-state index in [0.717, 1.165) is 11.4 Å². The van der Waals surface area contributed by atoms with E-state index in [1.807, 2.05) is 6.07 Å². The van der Waals surface area contributed by atoms with Crippen LogP contribution in [0, 0.1) is 24.0 Å². The van der Waals surface area contributed by atoms with Gasteiger partial charge in [-0.15, -0.1) is 0 Å². The quantitative estimate of drug-likeness (QED) is 0.613. The predicted octanol–water partition coefficient (Wildman–Crippen LogP) is 1.59. The molecule has 8 nitrogen and oxygen atoms in total. The van der Waals surface area contributed by atoms with Gasteiger partial charge in [-0.3, -0.25) is 10.1 Å². The van der Waals surface area contributed by atoms with Gasteiger partial charge in [-0.05, 0) is 26.8 Å². The van der Waals surface area contributed by atoms with E-state index in [0.29, 0.717) is 0 Å². The Hall–Kier alpha value is -2.51. The zero-order chi connectivity index (χ0) is 14.0. The first-order valence-electron chi connectivity index (χ1n) is 5.70. The largest absolute Gasteiger partial charge is 0.473 e. The summed E-state index contributed by atoms with van der Waals surface area (Å²) >= 11 is 0. The molecule has 19 heavy (non-hydrogen) atoms. The summed E-state index contributed by atoms with van der Waals surface area (Å²) in [6.07, 6.45) is 1.23. The lowest BCUT2D eigenvalue weighted by molar-refractivity contribution is -0.386. The first-order chi connectivity index (χ1) is 9.04. The maximum atomic E-state index is 11.2. The molecule has 0 aliphatic rings. The Balaban J connectivity index is 2.66. The Kier molecular flexibility index (Phi) is 3.41. The van der Waals surface area contributed by atoms with Crippen LogP contribution in [0.25, 0.3) is 5.82 Å². The fraction of sp³-hybridized carbons (Fsp3) is 0.364. The highest BCUT2D eigenvalue weighted by Crippen LogP contribution is 2.29. The average Bonchev–Trinajstić information content (AvgIpc) is 2.68. The standard InChI is InChI=1S/C11H13N5O3/c1-4-19-11-9(16(17)18)10(12-6-13-11)15-8(3)5-7(2)14-15/h5-6H,4H2,1-3H3. The fourth-order valence-corrected chi connectivity index (χ4v) is 1.75. The molecule has 0 amide bonds. The Bertz CT molecular complexity index is 623. The molecule has 0 atom stereocenters. The molecule has 0 saturated heterocycles. The average molecular weight is 263 g/mol. The van der Waals surface area contributed by atoms with Crippen LogP contribution >= 0.6 is 0 Å². The molecule has 0 saturated carbocycles. The van der Waals surface area contributed by atoms with Gasteiger partial charge in [-0.2, -0.15) is 10.1 Å². The summed E-state index contributed by atoms with van der Waals surface area (Å²) in [5.41, 5.74) is 1.22. The van der Waals surface area contributed by atoms with Crippen LogP contribution in [0.2, 0.25) is 0 Å². The summed E-state index contributed by atoms with van der Waals surface area (Å²) in [5, 5.41) is 15.4. The van der Waals surface area contributed by atoms with Gasteiger partial charge in [-0.1, -0.05) is 0 Å². The number of hydrogen-bond donors (Lipinski definition) is 0. The van der Waals surface area contributed by atoms with Crippen molar-refractivity contribution < 1.29 is 9.66 Å². The molecule has 0 bridgehead atoms. The van der Waals surface area contributed by atoms with Gasteiger partial charge in [0, 0.05) is 5.69 Å². The smallest absolute Gasteiger partial charge is 0.375 e. The summed E-state index contributed by atoms with van der Waals surface area (Å²) in [5.74, 6) is 0.0547. The van der Waals surface area contributed by atoms with Crippen LogP contribution in [0.4, 0.5) is 5.69 Å². The molecular formula is C11H13N5O3. The topological polar surface area (TPSA) is 96.0 Å². The van der Waals surface area contributed by atoms with Crippen LogP contribution in [-0.4, -0.2) is 31.3 Å². The van der Waals surface area contributed by atoms with Gasteiger partial charge in [0.1, 0.15) is 6.33 Å². The van der Waals surface area contributed by atoms with Gasteiger partial charge < -0.3 is 4.74 Å². The molecule has 100 valence electrons. The van der Waals surface area contributed by atoms with Gasteiger partial charge >= 0.3 is 5.69 Å². The molecule has 2 heterocycles. The highest BCUT2D eigenvalue weighted by atomic mass is 16.6. The van der Waals surface area contributed by atoms with Crippen molar-refractivity contribution >= 4 is 5.69 Å². The highest BCUT2D eigenvalue weighted by Gasteiger charge is 2.26. The van der Waals surface area contributed by atoms with E-state index in [1.54, 1.807) is 20.8 Å². The lowest BCUT2D eigenvalue weighted by Gasteiger charge is -2.07. The molecule has 0 aliphatic heterocycles. The van der Waals surface area contributed by atoms with Crippen molar-refractivity contribution in [3.8, 4) is 11.7 Å². The second-order valence-electron chi connectivity index (χ2n) is 3.88. The van der Waals surface area contributed by atoms with Crippen molar-refractivity contribution in [1.82, 2.24) is 19.7 Å². The number of nitro groups is 1. The zero-order valence-corrected chi connectivity index (χ0v) is 10.8. The second kappa shape index (κ2) is 5.01. The van der Waals surface area contributed by atoms with E-state index in [1.165, 1.54) is 11.0 Å². The number of aromatic nitrogens is 4. The molecule has 0 N–H and O–H groups in total. The maximum absolute atomic E-state index is 11.2. The van der Waals surface area contributed by atoms with Crippen LogP contribution < -0.4 is 4.74 Å². The zero-order valence-electron chi connectivity index (χ0n) is 10.8. The SMILES string of the molecule is CCOc1ncnc(-n2nc(C)cc2C)c1[N+](=O)[O-]. The molecule has 2 aromatic heterocycles. The molecule has 2 rings (SSSR count). The van der Waals surface area contributed by atoms with Gasteiger partial charge in [0.15, 0.2) is 0 Å². The van der Waals surface area contributed by atoms with Gasteiger partial charge in [0.05, 0.1) is 17.2 Å². The molecule has 0 radical (unpaired) electrons. The summed E-state index contributed by atoms with van der Waals surface area (Å²) in [7, 11) is 0. The van der Waals surface area contributed by atoms with E-state index in [9.17, 15) is 10.1 Å². The van der Waals surface area contributed by atoms with Gasteiger partial charge in [-0.25, -0.2) is 9.67 Å². The van der Waals surface area contributed by atoms with E-state index in [4.69, 9.17) is 4.74 Å². The van der Waals surface area contributed by atoms with Crippen LogP contribution in [0.1, 0.15) is 18.3 Å². The van der Waals surface area contributed by atoms with Crippen molar-refractivity contribution in [3.63, 3.8) is 0 Å². The molecular weight excluding hydrogens is 250 g/mol. The summed E-state index contributed by atoms with van der Waals surface area (Å²) < 4.78 is 6.59. The van der Waals surface area contributed by atoms with Crippen LogP contribution in [0.5, 0.6) is 5.88 Å². The van der Waals surface area contributed by atoms with Crippen molar-refractivity contribution in [2.45, 2.75) is 20.8 Å². The lowest BCUT2D eigenvalue weighted by atomic mass is 10.4. The van der Waals surface area contributed by atoms with Crippen molar-refractivity contribution in [2.24, 2.45) is 0 Å². The normalized spacial score (nSPS) is 10.5. The van der Waals surface area contributed by atoms with Crippen molar-refractivity contribution in [2.75, 3.05) is 6.61 Å². The number of ether oxygens (including phenoxy) is 1. The Morgan fingerprint density at radius 1 is 1.42 bits per heavy atom. The third-order valence-electron chi connectivity index (χ3n) is 2.44. The molecule has 0 aromatic carbocycles. The molecule has 0 aliphatic carbocycles. The number of hydrogen-bond acceptors (Lipinski definition) is 6. The molecule has 0 spiro atoms. The molecule has 2 aromatic rings. The third-order valence-corrected chi connectivity index (χ3v) is 2.44. The number of aryl methyl sites for hydroxylation is 2. The minimum absolute atomic E-state index is 0.0509. The van der Waals surface area contributed by atoms with E-state index in [2.05, 4.69) is 15.1 Å². The van der Waals surface area contributed by atoms with Crippen molar-refractivity contribution in [1.29, 1.82) is 0 Å². The van der Waals surface area contributed by atoms with Gasteiger partial charge in [0.2, 0.25) is 5.82 Å². The van der Waals surface area contributed by atoms with E-state index < -0.39 is 4.92 Å². The first-order valence-corrected chi connectivity index (χ1v) is 5.70. The van der Waals surface area contributed by atoms with Crippen molar-refractivity contribution in [3.05, 3.63) is 33.9 Å². The highest BCUT2D eigenvalue weighted by molar-refractivity contribution is 5.54. The molecule has 0 fully saturated rings. The Morgan fingerprint density at radius 3 is 2.68 bits per heavy atom. The second-order valence-corrected chi connectivity index (χ2v) is 3.88. The monoisotopic (exact) mass is 263 g/mol. The minimum Gasteiger partial charge on any atom is -0.473 e. The maximum Gasteiger partial charge on any atom is 0.375 e. The number of rotatable bonds is 4. The summed E-state index contributed by atoms with van der Waals surface area (Å²) in [4.78, 5) is 18.4. The number of nitrogens with zero attached hydrogens (tertiary/aromatic N) is 5. The Labute approximate surface area is 109 Å². The molecule has 0 unspecified atom stereocenters. The van der Waals surface area contributed by atoms with Crippen LogP contribution in [0.15, 0.2) is 12.4 Å². The lowest BCUT2D eigenvalue weighted by Crippen LogP contribution is -2.09. The molecule has 8 heteroatoms. The minimum atomic E-state index is -0.559. The van der Waals surface area contributed by atoms with E-state index in [-0.39, 0.29) is 24.0 Å². The third kappa shape index (κ3) is 2.37. The van der Waals surface area contributed by atoms with Crippen LogP contribution in [0.3, 0.4) is 0 Å². The van der Waals surface area contributed by atoms with E-state index >= 15 is 0 Å². The fourth-order valence-electron chi connectivity index (χ4n) is 1.75. The van der Waals surface area contributed by atoms with Crippen LogP contribution in [-0.2, 0) is 0 Å². The Morgan fingerprint density at radius 2 is 2.16 bits per heavy atom.